The molecule has 0 aromatic heterocycles. The SMILES string of the molecule is CCOc1ccccc1NC(=O)/C=C/c1ccc(S(=O)(=O)N(CC)CC)cc1. The van der Waals surface area contributed by atoms with E-state index in [9.17, 15) is 13.2 Å². The zero-order valence-corrected chi connectivity index (χ0v) is 17.2. The van der Waals surface area contributed by atoms with Gasteiger partial charge in [0.15, 0.2) is 0 Å². The molecule has 2 aromatic carbocycles. The first-order valence-electron chi connectivity index (χ1n) is 9.23. The zero-order chi connectivity index (χ0) is 20.6. The number of amides is 1. The second-order valence-electron chi connectivity index (χ2n) is 5.91. The van der Waals surface area contributed by atoms with E-state index < -0.39 is 10.0 Å². The fourth-order valence-electron chi connectivity index (χ4n) is 2.66. The lowest BCUT2D eigenvalue weighted by atomic mass is 10.2. The smallest absolute Gasteiger partial charge is 0.248 e. The average molecular weight is 403 g/mol. The van der Waals surface area contributed by atoms with Crippen molar-refractivity contribution in [3.8, 4) is 5.75 Å². The van der Waals surface area contributed by atoms with Crippen molar-refractivity contribution in [2.24, 2.45) is 0 Å². The molecule has 2 aromatic rings. The van der Waals surface area contributed by atoms with Crippen LogP contribution in [0.4, 0.5) is 5.69 Å². The Bertz CT molecular complexity index is 918. The van der Waals surface area contributed by atoms with Crippen LogP contribution < -0.4 is 10.1 Å². The molecule has 1 N–H and O–H groups in total. The van der Waals surface area contributed by atoms with Crippen molar-refractivity contribution in [3.63, 3.8) is 0 Å². The lowest BCUT2D eigenvalue weighted by Gasteiger charge is -2.18. The van der Waals surface area contributed by atoms with Crippen molar-refractivity contribution in [2.45, 2.75) is 25.7 Å². The Morgan fingerprint density at radius 2 is 1.68 bits per heavy atom. The van der Waals surface area contributed by atoms with Crippen LogP contribution in [0.5, 0.6) is 5.75 Å². The topological polar surface area (TPSA) is 75.7 Å². The number of hydrogen-bond acceptors (Lipinski definition) is 4. The molecule has 150 valence electrons. The molecule has 0 unspecified atom stereocenters. The van der Waals surface area contributed by atoms with Gasteiger partial charge in [0.1, 0.15) is 5.75 Å². The van der Waals surface area contributed by atoms with E-state index >= 15 is 0 Å². The summed E-state index contributed by atoms with van der Waals surface area (Å²) in [5.41, 5.74) is 1.33. The molecule has 6 nitrogen and oxygen atoms in total. The highest BCUT2D eigenvalue weighted by molar-refractivity contribution is 7.89. The summed E-state index contributed by atoms with van der Waals surface area (Å²) >= 11 is 0. The molecule has 0 aliphatic carbocycles. The summed E-state index contributed by atoms with van der Waals surface area (Å²) in [4.78, 5) is 12.4. The summed E-state index contributed by atoms with van der Waals surface area (Å²) in [7, 11) is -3.48. The minimum atomic E-state index is -3.48. The van der Waals surface area contributed by atoms with Crippen LogP contribution in [0.25, 0.3) is 6.08 Å². The predicted molar refractivity (Wildman–Crippen MR) is 112 cm³/mol. The first-order valence-corrected chi connectivity index (χ1v) is 10.7. The monoisotopic (exact) mass is 402 g/mol. The Morgan fingerprint density at radius 1 is 1.04 bits per heavy atom. The first kappa shape index (κ1) is 21.7. The summed E-state index contributed by atoms with van der Waals surface area (Å²) < 4.78 is 31.9. The van der Waals surface area contributed by atoms with Crippen LogP contribution in [0.2, 0.25) is 0 Å². The van der Waals surface area contributed by atoms with Crippen LogP contribution in [0.1, 0.15) is 26.3 Å². The molecule has 0 saturated carbocycles. The number of rotatable bonds is 9. The summed E-state index contributed by atoms with van der Waals surface area (Å²) in [6.45, 7) is 6.84. The second kappa shape index (κ2) is 10.1. The molecule has 0 aliphatic heterocycles. The lowest BCUT2D eigenvalue weighted by Crippen LogP contribution is -2.30. The van der Waals surface area contributed by atoms with Gasteiger partial charge in [-0.05, 0) is 42.8 Å². The van der Waals surface area contributed by atoms with Gasteiger partial charge in [-0.25, -0.2) is 8.42 Å². The van der Waals surface area contributed by atoms with E-state index in [4.69, 9.17) is 4.74 Å². The van der Waals surface area contributed by atoms with Crippen molar-refractivity contribution in [2.75, 3.05) is 25.0 Å². The van der Waals surface area contributed by atoms with Gasteiger partial charge in [-0.3, -0.25) is 4.79 Å². The van der Waals surface area contributed by atoms with Crippen LogP contribution in [0.15, 0.2) is 59.5 Å². The normalized spacial score (nSPS) is 11.7. The zero-order valence-electron chi connectivity index (χ0n) is 16.4. The van der Waals surface area contributed by atoms with Gasteiger partial charge in [0.05, 0.1) is 17.2 Å². The van der Waals surface area contributed by atoms with E-state index in [1.54, 1.807) is 56.3 Å². The third-order valence-electron chi connectivity index (χ3n) is 4.10. The minimum Gasteiger partial charge on any atom is -0.492 e. The van der Waals surface area contributed by atoms with Gasteiger partial charge < -0.3 is 10.1 Å². The van der Waals surface area contributed by atoms with Gasteiger partial charge in [0.2, 0.25) is 15.9 Å². The maximum Gasteiger partial charge on any atom is 0.248 e. The Hall–Kier alpha value is -2.64. The number of hydrogen-bond donors (Lipinski definition) is 1. The number of benzene rings is 2. The van der Waals surface area contributed by atoms with Crippen molar-refractivity contribution in [1.82, 2.24) is 4.31 Å². The van der Waals surface area contributed by atoms with Crippen molar-refractivity contribution >= 4 is 27.7 Å². The predicted octanol–water partition coefficient (Wildman–Crippen LogP) is 3.77. The van der Waals surface area contributed by atoms with E-state index in [2.05, 4.69) is 5.32 Å². The lowest BCUT2D eigenvalue weighted by molar-refractivity contribution is -0.111. The van der Waals surface area contributed by atoms with Crippen LogP contribution in [-0.2, 0) is 14.8 Å². The number of sulfonamides is 1. The van der Waals surface area contributed by atoms with Crippen LogP contribution in [0.3, 0.4) is 0 Å². The molecular weight excluding hydrogens is 376 g/mol. The highest BCUT2D eigenvalue weighted by Gasteiger charge is 2.20. The molecule has 1 amide bonds. The number of nitrogens with one attached hydrogen (secondary N) is 1. The van der Waals surface area contributed by atoms with Gasteiger partial charge in [-0.2, -0.15) is 4.31 Å². The van der Waals surface area contributed by atoms with Crippen LogP contribution in [0, 0.1) is 0 Å². The minimum absolute atomic E-state index is 0.239. The van der Waals surface area contributed by atoms with E-state index in [1.807, 2.05) is 19.1 Å². The molecule has 0 aliphatic rings. The quantitative estimate of drug-likeness (QED) is 0.648. The highest BCUT2D eigenvalue weighted by atomic mass is 32.2. The third kappa shape index (κ3) is 5.43. The van der Waals surface area contributed by atoms with E-state index in [0.29, 0.717) is 31.1 Å². The van der Waals surface area contributed by atoms with Gasteiger partial charge in [0, 0.05) is 19.2 Å². The maximum absolute atomic E-state index is 12.5. The average Bonchev–Trinajstić information content (AvgIpc) is 2.69. The highest BCUT2D eigenvalue weighted by Crippen LogP contribution is 2.23. The standard InChI is InChI=1S/C21H26N2O4S/c1-4-23(5-2)28(25,26)18-14-11-17(12-15-18)13-16-21(24)22-19-9-7-8-10-20(19)27-6-3/h7-16H,4-6H2,1-3H3,(H,22,24)/b16-13+. The largest absolute Gasteiger partial charge is 0.492 e. The molecule has 0 spiro atoms. The maximum atomic E-state index is 12.5. The number of nitrogens with zero attached hydrogens (tertiary/aromatic N) is 1. The van der Waals surface area contributed by atoms with Crippen molar-refractivity contribution in [3.05, 3.63) is 60.2 Å². The van der Waals surface area contributed by atoms with E-state index in [0.717, 1.165) is 5.56 Å². The molecule has 0 heterocycles. The summed E-state index contributed by atoms with van der Waals surface area (Å²) in [5.74, 6) is 0.310. The van der Waals surface area contributed by atoms with Gasteiger partial charge in [0.25, 0.3) is 0 Å². The number of ether oxygens (including phenoxy) is 1. The third-order valence-corrected chi connectivity index (χ3v) is 6.16. The number of carbonyl (C=O) groups is 1. The number of para-hydroxylation sites is 2. The Balaban J connectivity index is 2.08. The molecule has 0 saturated heterocycles. The summed E-state index contributed by atoms with van der Waals surface area (Å²) in [6.07, 6.45) is 3.03. The first-order chi connectivity index (χ1) is 13.4. The fourth-order valence-corrected chi connectivity index (χ4v) is 4.12. The van der Waals surface area contributed by atoms with Crippen molar-refractivity contribution < 1.29 is 17.9 Å². The molecule has 7 heteroatoms. The van der Waals surface area contributed by atoms with Crippen LogP contribution >= 0.6 is 0 Å². The van der Waals surface area contributed by atoms with Gasteiger partial charge in [-0.1, -0.05) is 38.1 Å². The van der Waals surface area contributed by atoms with Crippen LogP contribution in [-0.4, -0.2) is 38.3 Å². The molecule has 2 rings (SSSR count). The second-order valence-corrected chi connectivity index (χ2v) is 7.85. The molecule has 0 fully saturated rings. The van der Waals surface area contributed by atoms with Gasteiger partial charge >= 0.3 is 0 Å². The summed E-state index contributed by atoms with van der Waals surface area (Å²) in [6, 6.07) is 13.7. The number of anilines is 1. The molecular formula is C21H26N2O4S. The van der Waals surface area contributed by atoms with Gasteiger partial charge in [-0.15, -0.1) is 0 Å². The fraction of sp³-hybridized carbons (Fsp3) is 0.286. The Kier molecular flexibility index (Phi) is 7.78. The Labute approximate surface area is 166 Å². The molecule has 0 radical (unpaired) electrons. The van der Waals surface area contributed by atoms with E-state index in [1.165, 1.54) is 10.4 Å². The van der Waals surface area contributed by atoms with Crippen molar-refractivity contribution in [1.29, 1.82) is 0 Å². The molecule has 28 heavy (non-hydrogen) atoms. The molecule has 0 atom stereocenters. The Morgan fingerprint density at radius 3 is 2.29 bits per heavy atom. The van der Waals surface area contributed by atoms with E-state index in [-0.39, 0.29) is 10.8 Å². The summed E-state index contributed by atoms with van der Waals surface area (Å²) in [5, 5.41) is 2.78. The molecule has 0 bridgehead atoms. The number of carbonyl (C=O) groups excluding carboxylic acids is 1.